The van der Waals surface area contributed by atoms with Crippen LogP contribution in [0.15, 0.2) is 24.4 Å². The molecule has 2 N–H and O–H groups in total. The van der Waals surface area contributed by atoms with Gasteiger partial charge in [0.25, 0.3) is 0 Å². The Kier molecular flexibility index (Phi) is 7.06. The molecule has 2 atom stereocenters. The molecule has 0 aromatic carbocycles. The monoisotopic (exact) mass is 345 g/mol. The number of fused-ring (bicyclic) bond motifs is 1. The highest BCUT2D eigenvalue weighted by molar-refractivity contribution is 5.85. The molecule has 0 saturated carbocycles. The summed E-state index contributed by atoms with van der Waals surface area (Å²) in [4.78, 5) is 12.2. The molecule has 0 spiro atoms. The predicted molar refractivity (Wildman–Crippen MR) is 89.7 cm³/mol. The molecule has 1 aliphatic heterocycles. The lowest BCUT2D eigenvalue weighted by atomic mass is 10.0. The van der Waals surface area contributed by atoms with Gasteiger partial charge in [-0.15, -0.1) is 35.0 Å². The summed E-state index contributed by atoms with van der Waals surface area (Å²) >= 11 is 0. The van der Waals surface area contributed by atoms with Crippen LogP contribution in [0.5, 0.6) is 0 Å². The number of hydrogen-bond donors (Lipinski definition) is 2. The summed E-state index contributed by atoms with van der Waals surface area (Å²) in [5, 5.41) is 14.5. The fraction of sp³-hybridized carbons (Fsp3) is 0.500. The van der Waals surface area contributed by atoms with Crippen molar-refractivity contribution in [3.8, 4) is 0 Å². The predicted octanol–water partition coefficient (Wildman–Crippen LogP) is 1.89. The molecule has 6 nitrogen and oxygen atoms in total. The first-order valence-corrected chi connectivity index (χ1v) is 7.09. The summed E-state index contributed by atoms with van der Waals surface area (Å²) in [5.74, 6) is 0.801. The number of piperidine rings is 1. The van der Waals surface area contributed by atoms with Crippen LogP contribution in [-0.4, -0.2) is 33.1 Å². The normalized spacial score (nSPS) is 18.9. The number of rotatable bonds is 3. The van der Waals surface area contributed by atoms with Crippen molar-refractivity contribution in [2.24, 2.45) is 0 Å². The Labute approximate surface area is 141 Å². The summed E-state index contributed by atoms with van der Waals surface area (Å²) < 4.78 is 1.90. The van der Waals surface area contributed by atoms with Gasteiger partial charge in [-0.25, -0.2) is 0 Å². The van der Waals surface area contributed by atoms with Gasteiger partial charge in [-0.05, 0) is 38.4 Å². The van der Waals surface area contributed by atoms with E-state index in [-0.39, 0.29) is 42.8 Å². The third-order valence-electron chi connectivity index (χ3n) is 3.71. The maximum atomic E-state index is 12.2. The van der Waals surface area contributed by atoms with E-state index in [2.05, 4.69) is 20.8 Å². The zero-order chi connectivity index (χ0) is 13.9. The van der Waals surface area contributed by atoms with Crippen LogP contribution in [0.1, 0.15) is 38.1 Å². The third kappa shape index (κ3) is 3.88. The van der Waals surface area contributed by atoms with Gasteiger partial charge in [0.1, 0.15) is 0 Å². The number of hydrogen-bond acceptors (Lipinski definition) is 4. The van der Waals surface area contributed by atoms with E-state index in [1.54, 1.807) is 0 Å². The van der Waals surface area contributed by atoms with E-state index in [1.165, 1.54) is 0 Å². The van der Waals surface area contributed by atoms with Crippen molar-refractivity contribution >= 4 is 36.4 Å². The molecule has 0 radical (unpaired) electrons. The van der Waals surface area contributed by atoms with Crippen molar-refractivity contribution in [2.75, 3.05) is 6.54 Å². The van der Waals surface area contributed by atoms with Crippen molar-refractivity contribution in [1.29, 1.82) is 0 Å². The van der Waals surface area contributed by atoms with E-state index in [4.69, 9.17) is 0 Å². The Morgan fingerprint density at radius 2 is 2.18 bits per heavy atom. The van der Waals surface area contributed by atoms with Crippen LogP contribution in [0.4, 0.5) is 0 Å². The van der Waals surface area contributed by atoms with Gasteiger partial charge in [-0.1, -0.05) is 12.5 Å². The molecule has 1 fully saturated rings. The topological polar surface area (TPSA) is 71.3 Å². The highest BCUT2D eigenvalue weighted by Crippen LogP contribution is 2.13. The second-order valence-corrected chi connectivity index (χ2v) is 5.22. The molecule has 122 valence electrons. The second-order valence-electron chi connectivity index (χ2n) is 5.22. The second kappa shape index (κ2) is 8.31. The number of nitrogens with zero attached hydrogens (tertiary/aromatic N) is 3. The van der Waals surface area contributed by atoms with Gasteiger partial charge in [-0.2, -0.15) is 0 Å². The molecule has 1 amide bonds. The molecule has 3 heterocycles. The van der Waals surface area contributed by atoms with Crippen LogP contribution < -0.4 is 10.6 Å². The largest absolute Gasteiger partial charge is 0.345 e. The highest BCUT2D eigenvalue weighted by Gasteiger charge is 2.23. The van der Waals surface area contributed by atoms with E-state index in [0.717, 1.165) is 37.3 Å². The molecule has 0 aliphatic carbocycles. The highest BCUT2D eigenvalue weighted by atomic mass is 35.5. The summed E-state index contributed by atoms with van der Waals surface area (Å²) in [5.41, 5.74) is 0.791. The lowest BCUT2D eigenvalue weighted by molar-refractivity contribution is -0.124. The molecule has 22 heavy (non-hydrogen) atoms. The van der Waals surface area contributed by atoms with Crippen molar-refractivity contribution < 1.29 is 4.79 Å². The third-order valence-corrected chi connectivity index (χ3v) is 3.71. The molecule has 2 aromatic rings. The molecule has 1 aliphatic rings. The fourth-order valence-electron chi connectivity index (χ4n) is 2.61. The minimum Gasteiger partial charge on any atom is -0.345 e. The Bertz CT molecular complexity index is 612. The molecular formula is C14H21Cl2N5O. The standard InChI is InChI=1S/C14H19N5O.2ClH/c1-10(16-14(20)11-6-2-4-8-15-11)13-18-17-12-7-3-5-9-19(12)13;;/h3,5,7,9-11,15H,2,4,6,8H2,1H3,(H,16,20);2*1H/t10?,11-;;/m0../s1. The first-order chi connectivity index (χ1) is 9.75. The van der Waals surface area contributed by atoms with Gasteiger partial charge in [0, 0.05) is 6.20 Å². The summed E-state index contributed by atoms with van der Waals surface area (Å²) in [7, 11) is 0. The minimum absolute atomic E-state index is 0. The van der Waals surface area contributed by atoms with E-state index in [9.17, 15) is 4.79 Å². The van der Waals surface area contributed by atoms with Crippen LogP contribution >= 0.6 is 24.8 Å². The minimum atomic E-state index is -0.163. The zero-order valence-electron chi connectivity index (χ0n) is 12.4. The van der Waals surface area contributed by atoms with Crippen LogP contribution in [0.25, 0.3) is 5.65 Å². The number of carbonyl (C=O) groups excluding carboxylic acids is 1. The first kappa shape index (κ1) is 18.7. The van der Waals surface area contributed by atoms with Crippen LogP contribution in [-0.2, 0) is 4.79 Å². The fourth-order valence-corrected chi connectivity index (χ4v) is 2.61. The SMILES string of the molecule is CC(NC(=O)[C@@H]1CCCCN1)c1nnc2ccccn12.Cl.Cl. The quantitative estimate of drug-likeness (QED) is 0.890. The summed E-state index contributed by atoms with van der Waals surface area (Å²) in [6.45, 7) is 2.85. The number of aromatic nitrogens is 3. The van der Waals surface area contributed by atoms with Crippen LogP contribution in [0.2, 0.25) is 0 Å². The van der Waals surface area contributed by atoms with Gasteiger partial charge >= 0.3 is 0 Å². The number of nitrogens with one attached hydrogen (secondary N) is 2. The maximum Gasteiger partial charge on any atom is 0.237 e. The number of carbonyl (C=O) groups is 1. The molecule has 0 bridgehead atoms. The summed E-state index contributed by atoms with van der Waals surface area (Å²) in [6, 6.07) is 5.50. The van der Waals surface area contributed by atoms with Gasteiger partial charge in [0.05, 0.1) is 12.1 Å². The van der Waals surface area contributed by atoms with Gasteiger partial charge < -0.3 is 10.6 Å². The average Bonchev–Trinajstić information content (AvgIpc) is 2.92. The van der Waals surface area contributed by atoms with E-state index >= 15 is 0 Å². The molecule has 8 heteroatoms. The van der Waals surface area contributed by atoms with Crippen molar-refractivity contribution in [3.05, 3.63) is 30.2 Å². The van der Waals surface area contributed by atoms with Crippen molar-refractivity contribution in [1.82, 2.24) is 25.2 Å². The van der Waals surface area contributed by atoms with Crippen molar-refractivity contribution in [2.45, 2.75) is 38.3 Å². The van der Waals surface area contributed by atoms with Crippen LogP contribution in [0, 0.1) is 0 Å². The van der Waals surface area contributed by atoms with E-state index in [1.807, 2.05) is 35.7 Å². The molecule has 3 rings (SSSR count). The summed E-state index contributed by atoms with van der Waals surface area (Å²) in [6.07, 6.45) is 5.06. The number of halogens is 2. The Morgan fingerprint density at radius 1 is 1.36 bits per heavy atom. The van der Waals surface area contributed by atoms with Gasteiger partial charge in [0.2, 0.25) is 5.91 Å². The smallest absolute Gasteiger partial charge is 0.237 e. The van der Waals surface area contributed by atoms with E-state index in [0.29, 0.717) is 0 Å². The Balaban J connectivity index is 0.00000121. The average molecular weight is 346 g/mol. The molecule has 1 saturated heterocycles. The van der Waals surface area contributed by atoms with Gasteiger partial charge in [0.15, 0.2) is 11.5 Å². The zero-order valence-corrected chi connectivity index (χ0v) is 14.0. The Morgan fingerprint density at radius 3 is 2.91 bits per heavy atom. The molecule has 1 unspecified atom stereocenters. The lowest BCUT2D eigenvalue weighted by Crippen LogP contribution is -2.47. The lowest BCUT2D eigenvalue weighted by Gasteiger charge is -2.24. The molecule has 2 aromatic heterocycles. The number of pyridine rings is 1. The van der Waals surface area contributed by atoms with Gasteiger partial charge in [-0.3, -0.25) is 9.20 Å². The van der Waals surface area contributed by atoms with E-state index < -0.39 is 0 Å². The van der Waals surface area contributed by atoms with Crippen LogP contribution in [0.3, 0.4) is 0 Å². The maximum absolute atomic E-state index is 12.2. The number of amides is 1. The van der Waals surface area contributed by atoms with Crippen molar-refractivity contribution in [3.63, 3.8) is 0 Å². The Hall–Kier alpha value is -1.37. The first-order valence-electron chi connectivity index (χ1n) is 7.09. The molecular weight excluding hydrogens is 325 g/mol.